The van der Waals surface area contributed by atoms with Gasteiger partial charge in [-0.15, -0.1) is 0 Å². The number of aliphatic hydroxyl groups excluding tert-OH is 1. The third kappa shape index (κ3) is 3.92. The van der Waals surface area contributed by atoms with E-state index in [1.54, 1.807) is 21.7 Å². The number of amides is 3. The molecule has 6 rings (SSSR count). The maximum absolute atomic E-state index is 14.5. The zero-order valence-electron chi connectivity index (χ0n) is 22.5. The number of likely N-dealkylation sites (tertiary alicyclic amines) is 1. The van der Waals surface area contributed by atoms with Crippen LogP contribution in [0.15, 0.2) is 66.8 Å². The fourth-order valence-corrected chi connectivity index (χ4v) is 7.03. The molecule has 0 bridgehead atoms. The van der Waals surface area contributed by atoms with Gasteiger partial charge in [-0.1, -0.05) is 54.6 Å². The molecule has 2 saturated heterocycles. The third-order valence-electron chi connectivity index (χ3n) is 8.86. The van der Waals surface area contributed by atoms with Gasteiger partial charge in [-0.2, -0.15) is 0 Å². The first kappa shape index (κ1) is 25.8. The number of nitrogens with zero attached hydrogens (tertiary/aromatic N) is 3. The highest BCUT2D eigenvalue weighted by molar-refractivity contribution is 6.06. The molecule has 1 N–H and O–H groups in total. The van der Waals surface area contributed by atoms with E-state index in [1.165, 1.54) is 0 Å². The van der Waals surface area contributed by atoms with Crippen LogP contribution in [0.4, 0.5) is 5.69 Å². The highest BCUT2D eigenvalue weighted by atomic mass is 16.5. The van der Waals surface area contributed by atoms with E-state index < -0.39 is 29.1 Å². The van der Waals surface area contributed by atoms with Crippen LogP contribution >= 0.6 is 0 Å². The maximum atomic E-state index is 14.5. The Labute approximate surface area is 228 Å². The van der Waals surface area contributed by atoms with Gasteiger partial charge in [0, 0.05) is 39.0 Å². The fourth-order valence-electron chi connectivity index (χ4n) is 7.03. The van der Waals surface area contributed by atoms with E-state index in [1.807, 2.05) is 73.7 Å². The molecule has 2 aromatic rings. The Morgan fingerprint density at radius 3 is 2.46 bits per heavy atom. The minimum atomic E-state index is -1.26. The number of hydrogen-bond acceptors (Lipinski definition) is 5. The van der Waals surface area contributed by atoms with Crippen LogP contribution < -0.4 is 4.90 Å². The first-order chi connectivity index (χ1) is 18.8. The van der Waals surface area contributed by atoms with E-state index in [4.69, 9.17) is 4.74 Å². The van der Waals surface area contributed by atoms with E-state index in [0.717, 1.165) is 22.9 Å². The second-order valence-electron chi connectivity index (χ2n) is 11.3. The summed E-state index contributed by atoms with van der Waals surface area (Å²) in [5.74, 6) is -2.11. The maximum Gasteiger partial charge on any atom is 0.253 e. The monoisotopic (exact) mass is 529 g/mol. The molecular weight excluding hydrogens is 494 g/mol. The van der Waals surface area contributed by atoms with Gasteiger partial charge in [0.15, 0.2) is 0 Å². The van der Waals surface area contributed by atoms with E-state index in [2.05, 4.69) is 0 Å². The largest absolute Gasteiger partial charge is 0.396 e. The van der Waals surface area contributed by atoms with Crippen molar-refractivity contribution in [2.75, 3.05) is 38.2 Å². The van der Waals surface area contributed by atoms with Crippen molar-refractivity contribution in [2.45, 2.75) is 43.4 Å². The van der Waals surface area contributed by atoms with Gasteiger partial charge < -0.3 is 24.5 Å². The molecule has 0 aliphatic carbocycles. The smallest absolute Gasteiger partial charge is 0.253 e. The summed E-state index contributed by atoms with van der Waals surface area (Å²) in [6, 6.07) is 13.0. The van der Waals surface area contributed by atoms with Gasteiger partial charge in [-0.25, -0.2) is 0 Å². The van der Waals surface area contributed by atoms with Crippen molar-refractivity contribution in [2.24, 2.45) is 11.8 Å². The summed E-state index contributed by atoms with van der Waals surface area (Å²) in [5, 5.41) is 11.4. The van der Waals surface area contributed by atoms with Crippen LogP contribution in [0.2, 0.25) is 0 Å². The first-order valence-corrected chi connectivity index (χ1v) is 13.8. The predicted octanol–water partition coefficient (Wildman–Crippen LogP) is 2.90. The summed E-state index contributed by atoms with van der Waals surface area (Å²) < 4.78 is 6.83. The topological polar surface area (TPSA) is 90.4 Å². The van der Waals surface area contributed by atoms with Crippen molar-refractivity contribution in [3.63, 3.8) is 0 Å². The van der Waals surface area contributed by atoms with Crippen molar-refractivity contribution in [1.82, 2.24) is 9.80 Å². The Morgan fingerprint density at radius 2 is 1.67 bits per heavy atom. The van der Waals surface area contributed by atoms with E-state index >= 15 is 0 Å². The van der Waals surface area contributed by atoms with Gasteiger partial charge in [-0.3, -0.25) is 14.4 Å². The third-order valence-corrected chi connectivity index (χ3v) is 8.86. The molecule has 1 spiro atoms. The number of fused-ring (bicyclic) bond motifs is 3. The van der Waals surface area contributed by atoms with Crippen LogP contribution in [0, 0.1) is 11.8 Å². The number of ether oxygens (including phenoxy) is 1. The Kier molecular flexibility index (Phi) is 6.35. The molecule has 4 heterocycles. The molecule has 0 saturated carbocycles. The van der Waals surface area contributed by atoms with Crippen molar-refractivity contribution in [3.05, 3.63) is 66.8 Å². The van der Waals surface area contributed by atoms with Crippen molar-refractivity contribution in [1.29, 1.82) is 0 Å². The Balaban J connectivity index is 1.44. The number of anilines is 1. The lowest BCUT2D eigenvalue weighted by molar-refractivity contribution is -0.148. The second kappa shape index (κ2) is 9.61. The average molecular weight is 530 g/mol. The van der Waals surface area contributed by atoms with Gasteiger partial charge >= 0.3 is 0 Å². The molecule has 8 nitrogen and oxygen atoms in total. The van der Waals surface area contributed by atoms with E-state index in [9.17, 15) is 19.5 Å². The van der Waals surface area contributed by atoms with E-state index in [0.29, 0.717) is 32.5 Å². The predicted molar refractivity (Wildman–Crippen MR) is 148 cm³/mol. The van der Waals surface area contributed by atoms with Crippen molar-refractivity contribution < 1.29 is 24.2 Å². The minimum Gasteiger partial charge on any atom is -0.396 e. The summed E-state index contributed by atoms with van der Waals surface area (Å²) in [6.45, 7) is 3.08. The number of rotatable bonds is 6. The number of carbonyl (C=O) groups excluding carboxylic acids is 3. The SMILES string of the molecule is CN1CC=C[C@]2(C)O[C@]34C=CCN(c5ccc6ccccc6c5)C(=O)C3N(CCCCCO)C(=O)[C@@H]4[C@@H]2C1=O. The van der Waals surface area contributed by atoms with Crippen molar-refractivity contribution >= 4 is 34.2 Å². The highest BCUT2D eigenvalue weighted by Gasteiger charge is 2.74. The quantitative estimate of drug-likeness (QED) is 0.459. The van der Waals surface area contributed by atoms with Crippen LogP contribution in [0.25, 0.3) is 10.8 Å². The zero-order valence-corrected chi connectivity index (χ0v) is 22.5. The van der Waals surface area contributed by atoms with Gasteiger partial charge in [-0.05, 0) is 49.1 Å². The molecule has 39 heavy (non-hydrogen) atoms. The molecule has 0 aromatic heterocycles. The van der Waals surface area contributed by atoms with Gasteiger partial charge in [0.05, 0.1) is 17.4 Å². The van der Waals surface area contributed by atoms with Gasteiger partial charge in [0.25, 0.3) is 5.91 Å². The lowest BCUT2D eigenvalue weighted by Crippen LogP contribution is -2.56. The number of benzene rings is 2. The Hall–Kier alpha value is -3.49. The number of unbranched alkanes of at least 4 members (excludes halogenated alkanes) is 2. The van der Waals surface area contributed by atoms with Crippen LogP contribution in [0.5, 0.6) is 0 Å². The lowest BCUT2D eigenvalue weighted by Gasteiger charge is -2.37. The Morgan fingerprint density at radius 1 is 0.897 bits per heavy atom. The van der Waals surface area contributed by atoms with Gasteiger partial charge in [0.1, 0.15) is 11.6 Å². The molecule has 8 heteroatoms. The summed E-state index contributed by atoms with van der Waals surface area (Å²) >= 11 is 0. The fraction of sp³-hybridized carbons (Fsp3) is 0.452. The first-order valence-electron chi connectivity index (χ1n) is 13.8. The molecular formula is C31H35N3O5. The lowest BCUT2D eigenvalue weighted by atomic mass is 9.74. The molecule has 5 atom stereocenters. The Bertz CT molecular complexity index is 1390. The molecule has 2 aromatic carbocycles. The second-order valence-corrected chi connectivity index (χ2v) is 11.3. The highest BCUT2D eigenvalue weighted by Crippen LogP contribution is 2.57. The number of carbonyl (C=O) groups is 3. The molecule has 4 aliphatic rings. The zero-order chi connectivity index (χ0) is 27.4. The number of likely N-dealkylation sites (N-methyl/N-ethyl adjacent to an activating group) is 1. The molecule has 3 amide bonds. The summed E-state index contributed by atoms with van der Waals surface area (Å²) in [4.78, 5) is 47.4. The number of hydrogen-bond donors (Lipinski definition) is 1. The van der Waals surface area contributed by atoms with E-state index in [-0.39, 0.29) is 24.3 Å². The summed E-state index contributed by atoms with van der Waals surface area (Å²) in [7, 11) is 1.74. The van der Waals surface area contributed by atoms with Crippen LogP contribution in [0.1, 0.15) is 26.2 Å². The van der Waals surface area contributed by atoms with Crippen LogP contribution in [0.3, 0.4) is 0 Å². The number of aliphatic hydroxyl groups is 1. The standard InChI is InChI=1S/C31H35N3O5/c1-30-14-8-16-32(2)27(36)24(30)25-28(37)34(17-6-3-7-19-35)26-29(38)33(18-9-15-31(25,26)39-30)23-13-12-21-10-4-5-11-22(21)20-23/h4-5,8-15,20,24-26,35H,3,6-7,16-19H2,1-2H3/t24-,25+,26?,30+,31+/m1/s1. The van der Waals surface area contributed by atoms with Gasteiger partial charge in [0.2, 0.25) is 11.8 Å². The van der Waals surface area contributed by atoms with Crippen LogP contribution in [-0.2, 0) is 19.1 Å². The molecule has 2 fully saturated rings. The normalized spacial score (nSPS) is 31.9. The van der Waals surface area contributed by atoms with Crippen LogP contribution in [-0.4, -0.2) is 83.2 Å². The minimum absolute atomic E-state index is 0.0814. The molecule has 4 aliphatic heterocycles. The summed E-state index contributed by atoms with van der Waals surface area (Å²) in [5.41, 5.74) is -1.51. The molecule has 204 valence electrons. The van der Waals surface area contributed by atoms with Crippen molar-refractivity contribution in [3.8, 4) is 0 Å². The molecule has 0 radical (unpaired) electrons. The average Bonchev–Trinajstić information content (AvgIpc) is 3.20. The molecule has 1 unspecified atom stereocenters. The summed E-state index contributed by atoms with van der Waals surface area (Å²) in [6.07, 6.45) is 9.61.